The maximum Gasteiger partial charge on any atom is 0.337 e. The Labute approximate surface area is 135 Å². The van der Waals surface area contributed by atoms with Crippen LogP contribution in [0.4, 0.5) is 5.69 Å². The molecular weight excluding hydrogens is 292 g/mol. The first-order valence-electron chi connectivity index (χ1n) is 7.29. The highest BCUT2D eigenvalue weighted by atomic mass is 16.5. The van der Waals surface area contributed by atoms with E-state index in [9.17, 15) is 9.59 Å². The molecule has 0 saturated heterocycles. The summed E-state index contributed by atoms with van der Waals surface area (Å²) in [5, 5.41) is 2.81. The summed E-state index contributed by atoms with van der Waals surface area (Å²) in [7, 11) is 3.23. The number of benzene rings is 2. The summed E-state index contributed by atoms with van der Waals surface area (Å²) in [4.78, 5) is 25.3. The third-order valence-corrected chi connectivity index (χ3v) is 3.30. The van der Waals surface area contributed by atoms with E-state index < -0.39 is 5.97 Å². The first-order chi connectivity index (χ1) is 11.1. The zero-order valence-corrected chi connectivity index (χ0v) is 13.3. The van der Waals surface area contributed by atoms with E-state index in [2.05, 4.69) is 10.1 Å². The number of amides is 1. The molecule has 120 valence electrons. The van der Waals surface area contributed by atoms with Crippen molar-refractivity contribution in [2.24, 2.45) is 0 Å². The number of nitrogens with zero attached hydrogens (tertiary/aromatic N) is 1. The molecular formula is C18H20N2O3. The Morgan fingerprint density at radius 2 is 1.70 bits per heavy atom. The molecule has 23 heavy (non-hydrogen) atoms. The lowest BCUT2D eigenvalue weighted by Crippen LogP contribution is -2.29. The standard InChI is InChI=1S/C18H20N2O3/c1-20(12-14-6-4-3-5-7-14)13-17(21)19-16-10-8-15(9-11-16)18(22)23-2/h3-11H,12-13H2,1-2H3,(H,19,21). The number of methoxy groups -OCH3 is 1. The Balaban J connectivity index is 1.85. The van der Waals surface area contributed by atoms with E-state index >= 15 is 0 Å². The number of hydrogen-bond acceptors (Lipinski definition) is 4. The summed E-state index contributed by atoms with van der Waals surface area (Å²) in [6, 6.07) is 16.6. The second-order valence-electron chi connectivity index (χ2n) is 5.27. The smallest absolute Gasteiger partial charge is 0.337 e. The summed E-state index contributed by atoms with van der Waals surface area (Å²) >= 11 is 0. The molecule has 2 rings (SSSR count). The van der Waals surface area contributed by atoms with Crippen molar-refractivity contribution >= 4 is 17.6 Å². The summed E-state index contributed by atoms with van der Waals surface area (Å²) in [6.45, 7) is 0.989. The molecule has 0 aromatic heterocycles. The largest absolute Gasteiger partial charge is 0.465 e. The average Bonchev–Trinajstić information content (AvgIpc) is 2.55. The van der Waals surface area contributed by atoms with Crippen LogP contribution in [-0.2, 0) is 16.1 Å². The van der Waals surface area contributed by atoms with Gasteiger partial charge in [0.1, 0.15) is 0 Å². The van der Waals surface area contributed by atoms with Crippen LogP contribution in [0.1, 0.15) is 15.9 Å². The van der Waals surface area contributed by atoms with Crippen LogP contribution in [0.5, 0.6) is 0 Å². The number of rotatable bonds is 6. The third-order valence-electron chi connectivity index (χ3n) is 3.30. The molecule has 5 nitrogen and oxygen atoms in total. The van der Waals surface area contributed by atoms with E-state index in [1.807, 2.05) is 42.3 Å². The van der Waals surface area contributed by atoms with E-state index in [-0.39, 0.29) is 12.5 Å². The number of esters is 1. The fourth-order valence-corrected chi connectivity index (χ4v) is 2.20. The highest BCUT2D eigenvalue weighted by molar-refractivity contribution is 5.93. The minimum absolute atomic E-state index is 0.103. The predicted molar refractivity (Wildman–Crippen MR) is 89.2 cm³/mol. The van der Waals surface area contributed by atoms with E-state index in [1.54, 1.807) is 24.3 Å². The van der Waals surface area contributed by atoms with Crippen molar-refractivity contribution < 1.29 is 14.3 Å². The van der Waals surface area contributed by atoms with Gasteiger partial charge < -0.3 is 10.1 Å². The molecule has 0 bridgehead atoms. The quantitative estimate of drug-likeness (QED) is 0.833. The van der Waals surface area contributed by atoms with E-state index in [4.69, 9.17) is 0 Å². The minimum atomic E-state index is -0.398. The van der Waals surface area contributed by atoms with Crippen LogP contribution in [0.25, 0.3) is 0 Å². The van der Waals surface area contributed by atoms with Gasteiger partial charge in [-0.1, -0.05) is 30.3 Å². The zero-order chi connectivity index (χ0) is 16.7. The van der Waals surface area contributed by atoms with Crippen LogP contribution >= 0.6 is 0 Å². The lowest BCUT2D eigenvalue weighted by molar-refractivity contribution is -0.117. The molecule has 0 radical (unpaired) electrons. The third kappa shape index (κ3) is 5.23. The first kappa shape index (κ1) is 16.7. The van der Waals surface area contributed by atoms with Crippen LogP contribution in [0.3, 0.4) is 0 Å². The van der Waals surface area contributed by atoms with Crippen molar-refractivity contribution in [2.75, 3.05) is 26.0 Å². The molecule has 1 N–H and O–H groups in total. The molecule has 2 aromatic rings. The van der Waals surface area contributed by atoms with Crippen LogP contribution in [-0.4, -0.2) is 37.5 Å². The Kier molecular flexibility index (Phi) is 5.88. The fraction of sp³-hybridized carbons (Fsp3) is 0.222. The molecule has 0 heterocycles. The lowest BCUT2D eigenvalue weighted by Gasteiger charge is -2.16. The molecule has 2 aromatic carbocycles. The second kappa shape index (κ2) is 8.10. The molecule has 0 atom stereocenters. The van der Waals surface area contributed by atoms with Gasteiger partial charge in [-0.3, -0.25) is 9.69 Å². The number of ether oxygens (including phenoxy) is 1. The van der Waals surface area contributed by atoms with Crippen molar-refractivity contribution in [3.8, 4) is 0 Å². The molecule has 0 aliphatic carbocycles. The van der Waals surface area contributed by atoms with Gasteiger partial charge in [0.25, 0.3) is 0 Å². The molecule has 0 fully saturated rings. The van der Waals surface area contributed by atoms with Crippen molar-refractivity contribution in [1.29, 1.82) is 0 Å². The number of carbonyl (C=O) groups excluding carboxylic acids is 2. The fourth-order valence-electron chi connectivity index (χ4n) is 2.20. The van der Waals surface area contributed by atoms with Gasteiger partial charge in [0.15, 0.2) is 0 Å². The van der Waals surface area contributed by atoms with E-state index in [0.717, 1.165) is 5.56 Å². The highest BCUT2D eigenvalue weighted by Gasteiger charge is 2.09. The number of likely N-dealkylation sites (N-methyl/N-ethyl adjacent to an activating group) is 1. The molecule has 5 heteroatoms. The Morgan fingerprint density at radius 1 is 1.04 bits per heavy atom. The predicted octanol–water partition coefficient (Wildman–Crippen LogP) is 2.54. The molecule has 0 aliphatic heterocycles. The van der Waals surface area contributed by atoms with Crippen molar-refractivity contribution in [1.82, 2.24) is 4.90 Å². The Morgan fingerprint density at radius 3 is 2.30 bits per heavy atom. The van der Waals surface area contributed by atoms with Gasteiger partial charge in [-0.25, -0.2) is 4.79 Å². The SMILES string of the molecule is COC(=O)c1ccc(NC(=O)CN(C)Cc2ccccc2)cc1. The maximum absolute atomic E-state index is 12.0. The Hall–Kier alpha value is -2.66. The number of carbonyl (C=O) groups is 2. The van der Waals surface area contributed by atoms with Crippen LogP contribution in [0.2, 0.25) is 0 Å². The number of nitrogens with one attached hydrogen (secondary N) is 1. The highest BCUT2D eigenvalue weighted by Crippen LogP contribution is 2.10. The summed E-state index contributed by atoms with van der Waals surface area (Å²) in [5.41, 5.74) is 2.26. The molecule has 1 amide bonds. The summed E-state index contributed by atoms with van der Waals surface area (Å²) in [5.74, 6) is -0.500. The van der Waals surface area contributed by atoms with E-state index in [1.165, 1.54) is 7.11 Å². The maximum atomic E-state index is 12.0. The van der Waals surface area contributed by atoms with Gasteiger partial charge >= 0.3 is 5.97 Å². The van der Waals surface area contributed by atoms with Crippen LogP contribution in [0, 0.1) is 0 Å². The van der Waals surface area contributed by atoms with Gasteiger partial charge in [0.05, 0.1) is 19.2 Å². The second-order valence-corrected chi connectivity index (χ2v) is 5.27. The van der Waals surface area contributed by atoms with Gasteiger partial charge in [-0.05, 0) is 36.9 Å². The lowest BCUT2D eigenvalue weighted by atomic mass is 10.2. The van der Waals surface area contributed by atoms with Crippen LogP contribution < -0.4 is 5.32 Å². The van der Waals surface area contributed by atoms with E-state index in [0.29, 0.717) is 17.8 Å². The zero-order valence-electron chi connectivity index (χ0n) is 13.3. The van der Waals surface area contributed by atoms with Gasteiger partial charge in [-0.15, -0.1) is 0 Å². The molecule has 0 saturated carbocycles. The van der Waals surface area contributed by atoms with Crippen LogP contribution in [0.15, 0.2) is 54.6 Å². The molecule has 0 aliphatic rings. The summed E-state index contributed by atoms with van der Waals surface area (Å²) < 4.78 is 4.63. The van der Waals surface area contributed by atoms with Gasteiger partial charge in [0.2, 0.25) is 5.91 Å². The minimum Gasteiger partial charge on any atom is -0.465 e. The number of anilines is 1. The van der Waals surface area contributed by atoms with Gasteiger partial charge in [0, 0.05) is 12.2 Å². The molecule has 0 spiro atoms. The topological polar surface area (TPSA) is 58.6 Å². The molecule has 0 unspecified atom stereocenters. The van der Waals surface area contributed by atoms with Crippen molar-refractivity contribution in [3.05, 3.63) is 65.7 Å². The van der Waals surface area contributed by atoms with Gasteiger partial charge in [-0.2, -0.15) is 0 Å². The Bertz CT molecular complexity index is 654. The normalized spacial score (nSPS) is 10.4. The van der Waals surface area contributed by atoms with Crippen molar-refractivity contribution in [3.63, 3.8) is 0 Å². The van der Waals surface area contributed by atoms with Crippen molar-refractivity contribution in [2.45, 2.75) is 6.54 Å². The average molecular weight is 312 g/mol. The number of hydrogen-bond donors (Lipinski definition) is 1. The monoisotopic (exact) mass is 312 g/mol. The first-order valence-corrected chi connectivity index (χ1v) is 7.29. The summed E-state index contributed by atoms with van der Waals surface area (Å²) in [6.07, 6.45) is 0.